The number of allylic oxidation sites excluding steroid dienone is 2. The largest absolute Gasteiger partial charge is 0.513 e. The third-order valence-corrected chi connectivity index (χ3v) is 2.62. The van der Waals surface area contributed by atoms with Crippen molar-refractivity contribution < 1.29 is 9.84 Å². The average Bonchev–Trinajstić information content (AvgIpc) is 2.27. The van der Waals surface area contributed by atoms with Crippen LogP contribution in [0.4, 0.5) is 0 Å². The van der Waals surface area contributed by atoms with Gasteiger partial charge in [-0.3, -0.25) is 0 Å². The Labute approximate surface area is 97.6 Å². The fourth-order valence-corrected chi connectivity index (χ4v) is 1.39. The fraction of sp³-hybridized carbons (Fsp3) is 0.429. The van der Waals surface area contributed by atoms with Crippen LogP contribution in [0.3, 0.4) is 0 Å². The van der Waals surface area contributed by atoms with Gasteiger partial charge in [-0.2, -0.15) is 0 Å². The molecule has 0 aromatic heterocycles. The molecule has 2 heteroatoms. The van der Waals surface area contributed by atoms with E-state index in [1.807, 2.05) is 44.2 Å². The van der Waals surface area contributed by atoms with Crippen molar-refractivity contribution in [1.29, 1.82) is 0 Å². The highest BCUT2D eigenvalue weighted by molar-refractivity contribution is 5.21. The van der Waals surface area contributed by atoms with Gasteiger partial charge in [0.15, 0.2) is 0 Å². The first-order valence-electron chi connectivity index (χ1n) is 5.66. The number of para-hydroxylation sites is 1. The zero-order chi connectivity index (χ0) is 12.0. The first kappa shape index (κ1) is 12.6. The van der Waals surface area contributed by atoms with Crippen LogP contribution >= 0.6 is 0 Å². The molecule has 0 amide bonds. The summed E-state index contributed by atoms with van der Waals surface area (Å²) < 4.78 is 5.74. The molecule has 1 atom stereocenters. The topological polar surface area (TPSA) is 29.5 Å². The molecule has 1 aromatic rings. The summed E-state index contributed by atoms with van der Waals surface area (Å²) >= 11 is 0. The maximum atomic E-state index is 9.26. The molecule has 1 rings (SSSR count). The minimum atomic E-state index is 0.164. The van der Waals surface area contributed by atoms with Crippen LogP contribution in [0.1, 0.15) is 33.6 Å². The predicted octanol–water partition coefficient (Wildman–Crippen LogP) is 4.09. The molecule has 1 aromatic carbocycles. The van der Waals surface area contributed by atoms with Crippen molar-refractivity contribution in [1.82, 2.24) is 0 Å². The lowest BCUT2D eigenvalue weighted by molar-refractivity contribution is 0.210. The van der Waals surface area contributed by atoms with E-state index in [1.165, 1.54) is 0 Å². The van der Waals surface area contributed by atoms with Gasteiger partial charge in [-0.05, 0) is 51.3 Å². The first-order chi connectivity index (χ1) is 7.59. The molecule has 16 heavy (non-hydrogen) atoms. The van der Waals surface area contributed by atoms with E-state index in [1.54, 1.807) is 6.92 Å². The third-order valence-electron chi connectivity index (χ3n) is 2.62. The maximum Gasteiger partial charge on any atom is 0.119 e. The minimum Gasteiger partial charge on any atom is -0.513 e. The molecule has 0 bridgehead atoms. The van der Waals surface area contributed by atoms with Crippen LogP contribution in [0.25, 0.3) is 0 Å². The fourth-order valence-electron chi connectivity index (χ4n) is 1.39. The zero-order valence-electron chi connectivity index (χ0n) is 10.2. The maximum absolute atomic E-state index is 9.26. The van der Waals surface area contributed by atoms with E-state index < -0.39 is 0 Å². The number of aliphatic hydroxyl groups is 1. The molecule has 0 saturated heterocycles. The summed E-state index contributed by atoms with van der Waals surface area (Å²) in [6.07, 6.45) is 1.95. The van der Waals surface area contributed by atoms with Gasteiger partial charge in [0, 0.05) is 0 Å². The average molecular weight is 220 g/mol. The van der Waals surface area contributed by atoms with Gasteiger partial charge in [-0.25, -0.2) is 0 Å². The van der Waals surface area contributed by atoms with Gasteiger partial charge in [0.05, 0.1) is 11.9 Å². The SMILES string of the molecule is CC(O)=C(C)CCC(C)Oc1ccccc1. The van der Waals surface area contributed by atoms with Gasteiger partial charge in [0.25, 0.3) is 0 Å². The quantitative estimate of drug-likeness (QED) is 0.757. The molecule has 0 spiro atoms. The Morgan fingerprint density at radius 1 is 1.25 bits per heavy atom. The standard InChI is InChI=1S/C14H20O2/c1-11(13(3)15)9-10-12(2)16-14-7-5-4-6-8-14/h4-8,12,15H,9-10H2,1-3H3. The van der Waals surface area contributed by atoms with Crippen molar-refractivity contribution in [3.8, 4) is 5.75 Å². The highest BCUT2D eigenvalue weighted by Gasteiger charge is 2.05. The number of rotatable bonds is 5. The lowest BCUT2D eigenvalue weighted by Gasteiger charge is -2.14. The smallest absolute Gasteiger partial charge is 0.119 e. The number of benzene rings is 1. The summed E-state index contributed by atoms with van der Waals surface area (Å²) in [5.74, 6) is 1.32. The molecule has 0 aliphatic carbocycles. The number of ether oxygens (including phenoxy) is 1. The Bertz CT molecular complexity index is 337. The van der Waals surface area contributed by atoms with Crippen LogP contribution in [0.2, 0.25) is 0 Å². The minimum absolute atomic E-state index is 0.164. The molecular formula is C14H20O2. The van der Waals surface area contributed by atoms with E-state index in [-0.39, 0.29) is 6.10 Å². The highest BCUT2D eigenvalue weighted by atomic mass is 16.5. The van der Waals surface area contributed by atoms with E-state index in [4.69, 9.17) is 4.74 Å². The van der Waals surface area contributed by atoms with E-state index >= 15 is 0 Å². The molecule has 1 unspecified atom stereocenters. The normalized spacial score (nSPS) is 14.2. The molecule has 0 aliphatic rings. The van der Waals surface area contributed by atoms with Crippen molar-refractivity contribution in [2.45, 2.75) is 39.7 Å². The van der Waals surface area contributed by atoms with Gasteiger partial charge in [-0.15, -0.1) is 0 Å². The molecule has 0 heterocycles. The van der Waals surface area contributed by atoms with Gasteiger partial charge < -0.3 is 9.84 Å². The van der Waals surface area contributed by atoms with Crippen molar-refractivity contribution in [3.05, 3.63) is 41.7 Å². The summed E-state index contributed by atoms with van der Waals surface area (Å²) in [7, 11) is 0. The monoisotopic (exact) mass is 220 g/mol. The van der Waals surface area contributed by atoms with Gasteiger partial charge >= 0.3 is 0 Å². The molecule has 88 valence electrons. The molecule has 0 fully saturated rings. The molecule has 0 aliphatic heterocycles. The Morgan fingerprint density at radius 2 is 1.88 bits per heavy atom. The van der Waals surface area contributed by atoms with Gasteiger partial charge in [-0.1, -0.05) is 18.2 Å². The molecule has 0 saturated carbocycles. The van der Waals surface area contributed by atoms with Crippen LogP contribution in [0, 0.1) is 0 Å². The number of hydrogen-bond acceptors (Lipinski definition) is 2. The Kier molecular flexibility index (Phi) is 4.90. The van der Waals surface area contributed by atoms with E-state index in [0.717, 1.165) is 24.2 Å². The van der Waals surface area contributed by atoms with E-state index in [2.05, 4.69) is 0 Å². The Balaban J connectivity index is 2.37. The lowest BCUT2D eigenvalue weighted by atomic mass is 10.1. The second-order valence-corrected chi connectivity index (χ2v) is 4.15. The second-order valence-electron chi connectivity index (χ2n) is 4.15. The molecule has 2 nitrogen and oxygen atoms in total. The summed E-state index contributed by atoms with van der Waals surface area (Å²) in [5, 5.41) is 9.26. The van der Waals surface area contributed by atoms with Crippen molar-refractivity contribution in [2.24, 2.45) is 0 Å². The highest BCUT2D eigenvalue weighted by Crippen LogP contribution is 2.16. The van der Waals surface area contributed by atoms with Crippen LogP contribution in [0.15, 0.2) is 41.7 Å². The van der Waals surface area contributed by atoms with Crippen LogP contribution in [-0.4, -0.2) is 11.2 Å². The summed E-state index contributed by atoms with van der Waals surface area (Å²) in [6.45, 7) is 5.72. The lowest BCUT2D eigenvalue weighted by Crippen LogP contribution is -2.11. The van der Waals surface area contributed by atoms with Crippen LogP contribution in [-0.2, 0) is 0 Å². The molecule has 1 N–H and O–H groups in total. The van der Waals surface area contributed by atoms with Crippen molar-refractivity contribution in [3.63, 3.8) is 0 Å². The Morgan fingerprint density at radius 3 is 2.44 bits per heavy atom. The van der Waals surface area contributed by atoms with Gasteiger partial charge in [0.1, 0.15) is 5.75 Å². The third kappa shape index (κ3) is 4.39. The van der Waals surface area contributed by atoms with Gasteiger partial charge in [0.2, 0.25) is 0 Å². The predicted molar refractivity (Wildman–Crippen MR) is 66.8 cm³/mol. The van der Waals surface area contributed by atoms with Crippen molar-refractivity contribution in [2.75, 3.05) is 0 Å². The zero-order valence-corrected chi connectivity index (χ0v) is 10.2. The summed E-state index contributed by atoms with van der Waals surface area (Å²) in [6, 6.07) is 9.81. The summed E-state index contributed by atoms with van der Waals surface area (Å²) in [4.78, 5) is 0. The van der Waals surface area contributed by atoms with E-state index in [0.29, 0.717) is 5.76 Å². The van der Waals surface area contributed by atoms with Crippen LogP contribution < -0.4 is 4.74 Å². The summed E-state index contributed by atoms with van der Waals surface area (Å²) in [5.41, 5.74) is 1.03. The second kappa shape index (κ2) is 6.21. The number of aliphatic hydroxyl groups excluding tert-OH is 1. The first-order valence-corrected chi connectivity index (χ1v) is 5.66. The molecule has 0 radical (unpaired) electrons. The Hall–Kier alpha value is -1.44. The molecular weight excluding hydrogens is 200 g/mol. The van der Waals surface area contributed by atoms with Crippen molar-refractivity contribution >= 4 is 0 Å². The van der Waals surface area contributed by atoms with Crippen LogP contribution in [0.5, 0.6) is 5.75 Å². The number of hydrogen-bond donors (Lipinski definition) is 1. The van der Waals surface area contributed by atoms with E-state index in [9.17, 15) is 5.11 Å².